The maximum atomic E-state index is 14.3. The number of hydrogen-bond donors (Lipinski definition) is 4. The van der Waals surface area contributed by atoms with Crippen molar-refractivity contribution in [2.45, 2.75) is 71.4 Å². The van der Waals surface area contributed by atoms with Gasteiger partial charge in [0.15, 0.2) is 0 Å². The van der Waals surface area contributed by atoms with Crippen molar-refractivity contribution in [2.75, 3.05) is 65.1 Å². The summed E-state index contributed by atoms with van der Waals surface area (Å²) in [6.45, 7) is 12.3. The van der Waals surface area contributed by atoms with E-state index in [9.17, 15) is 24.9 Å². The Labute approximate surface area is 301 Å². The highest BCUT2D eigenvalue weighted by Crippen LogP contribution is 2.61. The molecule has 8 atom stereocenters. The number of para-hydroxylation sites is 1. The van der Waals surface area contributed by atoms with Crippen LogP contribution in [0.15, 0.2) is 36.4 Å². The van der Waals surface area contributed by atoms with Crippen molar-refractivity contribution in [3.8, 4) is 16.9 Å². The Bertz CT molecular complexity index is 1560. The fourth-order valence-electron chi connectivity index (χ4n) is 9.01. The van der Waals surface area contributed by atoms with Crippen molar-refractivity contribution < 1.29 is 39.2 Å². The fourth-order valence-corrected chi connectivity index (χ4v) is 9.01. The first-order chi connectivity index (χ1) is 24.3. The van der Waals surface area contributed by atoms with E-state index in [1.807, 2.05) is 43.3 Å². The number of carbonyl (C=O) groups excluding carboxylic acids is 1. The summed E-state index contributed by atoms with van der Waals surface area (Å²) in [7, 11) is 3.73. The zero-order valence-electron chi connectivity index (χ0n) is 30.9. The Morgan fingerprint density at radius 1 is 1.14 bits per heavy atom. The predicted octanol–water partition coefficient (Wildman–Crippen LogP) is 3.49. The summed E-state index contributed by atoms with van der Waals surface area (Å²) in [5, 5.41) is 36.3. The van der Waals surface area contributed by atoms with Crippen LogP contribution in [0.25, 0.3) is 11.1 Å². The van der Waals surface area contributed by atoms with Crippen LogP contribution in [0, 0.1) is 29.1 Å². The van der Waals surface area contributed by atoms with E-state index in [0.717, 1.165) is 30.8 Å². The highest BCUT2D eigenvalue weighted by Gasteiger charge is 2.57. The smallest absolute Gasteiger partial charge is 0.335 e. The van der Waals surface area contributed by atoms with Crippen molar-refractivity contribution >= 4 is 17.6 Å². The number of nitrogens with zero attached hydrogens (tertiary/aromatic N) is 3. The number of carboxylic acid groups (broad SMARTS) is 1. The zero-order valence-corrected chi connectivity index (χ0v) is 30.9. The number of rotatable bonds is 13. The van der Waals surface area contributed by atoms with Gasteiger partial charge in [-0.15, -0.1) is 0 Å². The number of aliphatic hydroxyl groups excluding tert-OH is 2. The normalized spacial score (nSPS) is 29.6. The summed E-state index contributed by atoms with van der Waals surface area (Å²) in [5.41, 5.74) is 3.29. The van der Waals surface area contributed by atoms with Crippen LogP contribution in [0.1, 0.15) is 56.5 Å². The number of carbonyl (C=O) groups is 2. The molecule has 0 radical (unpaired) electrons. The number of aromatic carboxylic acids is 1. The molecular weight excluding hydrogens is 652 g/mol. The van der Waals surface area contributed by atoms with Gasteiger partial charge in [0.2, 0.25) is 5.91 Å². The molecule has 2 unspecified atom stereocenters. The van der Waals surface area contributed by atoms with Crippen molar-refractivity contribution in [1.82, 2.24) is 15.3 Å². The Balaban J connectivity index is 1.33. The molecule has 0 spiro atoms. The molecule has 2 aromatic rings. The van der Waals surface area contributed by atoms with Crippen LogP contribution in [0.4, 0.5) is 5.69 Å². The first kappa shape index (κ1) is 37.5. The van der Waals surface area contributed by atoms with Crippen LogP contribution in [-0.2, 0) is 20.9 Å². The van der Waals surface area contributed by atoms with Crippen molar-refractivity contribution in [1.29, 1.82) is 0 Å². The molecule has 2 aromatic carbocycles. The summed E-state index contributed by atoms with van der Waals surface area (Å²) < 4.78 is 12.1. The lowest BCUT2D eigenvalue weighted by molar-refractivity contribution is -0.183. The Morgan fingerprint density at radius 2 is 1.88 bits per heavy atom. The molecule has 3 aliphatic carbocycles. The number of hydrogen-bond acceptors (Lipinski definition) is 10. The van der Waals surface area contributed by atoms with Gasteiger partial charge in [-0.1, -0.05) is 39.0 Å². The SMILES string of the molecule is CC1[C@@H](NC(=O)[C@@H]2[C@H]([C@H](C)O)C(CO)ON2Cc2cccc(-c3cc(C(=O)O)cc(N(C)C)c3)c2OCCN2CCOCC2)C[C@H]2C[C@@H]1C2(C)C. The van der Waals surface area contributed by atoms with Crippen LogP contribution in [0.5, 0.6) is 5.75 Å². The average Bonchev–Trinajstić information content (AvgIpc) is 3.48. The molecule has 2 aliphatic heterocycles. The van der Waals surface area contributed by atoms with Crippen LogP contribution in [0.3, 0.4) is 0 Å². The summed E-state index contributed by atoms with van der Waals surface area (Å²) in [6.07, 6.45) is 0.414. The molecule has 5 aliphatic rings. The summed E-state index contributed by atoms with van der Waals surface area (Å²) >= 11 is 0. The minimum Gasteiger partial charge on any atom is -0.491 e. The molecule has 1 amide bonds. The molecule has 2 heterocycles. The third-order valence-electron chi connectivity index (χ3n) is 12.2. The quantitative estimate of drug-likeness (QED) is 0.243. The predicted molar refractivity (Wildman–Crippen MR) is 193 cm³/mol. The minimum absolute atomic E-state index is 0.0220. The second-order valence-electron chi connectivity index (χ2n) is 15.8. The summed E-state index contributed by atoms with van der Waals surface area (Å²) in [5.74, 6) is 0.0722. The molecule has 5 fully saturated rings. The number of aliphatic hydroxyl groups is 2. The maximum Gasteiger partial charge on any atom is 0.335 e. The number of fused-ring (bicyclic) bond motifs is 2. The van der Waals surface area contributed by atoms with Gasteiger partial charge in [0.05, 0.1) is 38.0 Å². The molecule has 3 saturated carbocycles. The monoisotopic (exact) mass is 708 g/mol. The Kier molecular flexibility index (Phi) is 11.3. The van der Waals surface area contributed by atoms with Gasteiger partial charge in [-0.05, 0) is 66.7 Å². The van der Waals surface area contributed by atoms with Gasteiger partial charge in [0.25, 0.3) is 0 Å². The van der Waals surface area contributed by atoms with Gasteiger partial charge in [0.1, 0.15) is 24.5 Å². The largest absolute Gasteiger partial charge is 0.491 e. The molecule has 51 heavy (non-hydrogen) atoms. The van der Waals surface area contributed by atoms with E-state index in [2.05, 4.69) is 31.0 Å². The second-order valence-corrected chi connectivity index (χ2v) is 15.8. The van der Waals surface area contributed by atoms with Gasteiger partial charge in [-0.3, -0.25) is 14.5 Å². The lowest BCUT2D eigenvalue weighted by atomic mass is 9.45. The molecule has 2 bridgehead atoms. The summed E-state index contributed by atoms with van der Waals surface area (Å²) in [6, 6.07) is 10.1. The molecule has 0 aromatic heterocycles. The van der Waals surface area contributed by atoms with Crippen LogP contribution >= 0.6 is 0 Å². The number of morpholine rings is 1. The van der Waals surface area contributed by atoms with Gasteiger partial charge in [-0.25, -0.2) is 4.79 Å². The van der Waals surface area contributed by atoms with E-state index < -0.39 is 30.1 Å². The molecule has 4 N–H and O–H groups in total. The Hall–Kier alpha value is -3.26. The van der Waals surface area contributed by atoms with Crippen LogP contribution in [0.2, 0.25) is 0 Å². The van der Waals surface area contributed by atoms with E-state index in [1.54, 1.807) is 24.1 Å². The molecule has 12 nitrogen and oxygen atoms in total. The molecule has 12 heteroatoms. The van der Waals surface area contributed by atoms with Gasteiger partial charge in [-0.2, -0.15) is 5.06 Å². The number of amides is 1. The first-order valence-corrected chi connectivity index (χ1v) is 18.4. The molecule has 280 valence electrons. The van der Waals surface area contributed by atoms with Gasteiger partial charge in [0, 0.05) is 62.5 Å². The number of ether oxygens (including phenoxy) is 2. The number of hydroxylamine groups is 2. The zero-order chi connectivity index (χ0) is 36.6. The third kappa shape index (κ3) is 7.63. The summed E-state index contributed by atoms with van der Waals surface area (Å²) in [4.78, 5) is 36.9. The topological polar surface area (TPSA) is 144 Å². The minimum atomic E-state index is -1.03. The van der Waals surface area contributed by atoms with Crippen LogP contribution < -0.4 is 15.0 Å². The third-order valence-corrected chi connectivity index (χ3v) is 12.2. The van der Waals surface area contributed by atoms with E-state index >= 15 is 0 Å². The second kappa shape index (κ2) is 15.4. The molecule has 7 rings (SSSR count). The number of carboxylic acids is 1. The van der Waals surface area contributed by atoms with Crippen molar-refractivity contribution in [3.05, 3.63) is 47.5 Å². The fraction of sp³-hybridized carbons (Fsp3) is 0.641. The van der Waals surface area contributed by atoms with E-state index in [-0.39, 0.29) is 36.1 Å². The first-order valence-electron chi connectivity index (χ1n) is 18.4. The van der Waals surface area contributed by atoms with E-state index in [0.29, 0.717) is 61.0 Å². The Morgan fingerprint density at radius 3 is 2.51 bits per heavy atom. The lowest BCUT2D eigenvalue weighted by Gasteiger charge is -2.62. The van der Waals surface area contributed by atoms with E-state index in [4.69, 9.17) is 14.3 Å². The highest BCUT2D eigenvalue weighted by molar-refractivity contribution is 5.92. The molecule has 2 saturated heterocycles. The van der Waals surface area contributed by atoms with Gasteiger partial charge < -0.3 is 35.0 Å². The molecular formula is C39H56N4O8. The van der Waals surface area contributed by atoms with Gasteiger partial charge >= 0.3 is 5.97 Å². The van der Waals surface area contributed by atoms with Crippen molar-refractivity contribution in [3.63, 3.8) is 0 Å². The average molecular weight is 709 g/mol. The highest BCUT2D eigenvalue weighted by atomic mass is 16.7. The van der Waals surface area contributed by atoms with Crippen LogP contribution in [-0.4, -0.2) is 122 Å². The van der Waals surface area contributed by atoms with Crippen molar-refractivity contribution in [2.24, 2.45) is 29.1 Å². The van der Waals surface area contributed by atoms with E-state index in [1.165, 1.54) is 6.42 Å². The number of benzene rings is 2. The lowest BCUT2D eigenvalue weighted by Crippen LogP contribution is -2.62. The maximum absolute atomic E-state index is 14.3. The number of anilines is 1. The standard InChI is InChI=1S/C39H56N4O8/c1-23-31-19-28(39(31,3)4)20-32(23)40-37(46)35-34(24(2)45)33(22-44)51-43(35)21-25-8-7-9-30(36(25)50-15-12-42-10-13-49-14-11-42)26-16-27(38(47)48)18-29(17-26)41(5)6/h7-9,16-18,23-24,28,31-35,44-45H,10-15,19-22H2,1-6H3,(H,40,46)(H,47,48)/t23?,24-,28+,31-,32-,33?,34+,35-/m0/s1. The number of nitrogens with one attached hydrogen (secondary N) is 1.